The van der Waals surface area contributed by atoms with Crippen LogP contribution in [0.15, 0.2) is 54.6 Å². The predicted molar refractivity (Wildman–Crippen MR) is 68.9 cm³/mol. The first-order valence-electron chi connectivity index (χ1n) is 5.58. The maximum atomic E-state index is 11.2. The van der Waals surface area contributed by atoms with E-state index in [0.717, 1.165) is 5.75 Å². The van der Waals surface area contributed by atoms with Crippen LogP contribution in [0.5, 0.6) is 5.75 Å². The molecule has 0 saturated heterocycles. The highest BCUT2D eigenvalue weighted by atomic mass is 16.5. The number of carbonyl (C=O) groups excluding carboxylic acids is 1. The van der Waals surface area contributed by atoms with Crippen molar-refractivity contribution >= 4 is 5.91 Å². The molecule has 3 nitrogen and oxygen atoms in total. The van der Waals surface area contributed by atoms with Gasteiger partial charge in [0.25, 0.3) is 0 Å². The Labute approximate surface area is 102 Å². The lowest BCUT2D eigenvalue weighted by molar-refractivity contribution is -0.116. The zero-order valence-electron chi connectivity index (χ0n) is 9.93. The molecule has 90 valence electrons. The molecule has 0 aliphatic heterocycles. The van der Waals surface area contributed by atoms with E-state index in [0.29, 0.717) is 13.2 Å². The van der Waals surface area contributed by atoms with Gasteiger partial charge in [0.2, 0.25) is 5.91 Å². The average molecular weight is 231 g/mol. The monoisotopic (exact) mass is 231 g/mol. The first-order chi connectivity index (χ1) is 8.33. The molecule has 1 aromatic rings. The summed E-state index contributed by atoms with van der Waals surface area (Å²) in [6.45, 7) is 2.86. The molecule has 1 aromatic carbocycles. The quantitative estimate of drug-likeness (QED) is 0.463. The van der Waals surface area contributed by atoms with Crippen molar-refractivity contribution in [3.8, 4) is 5.75 Å². The number of benzene rings is 1. The molecule has 1 N–H and O–H groups in total. The molecule has 3 heteroatoms. The molecule has 0 bridgehead atoms. The van der Waals surface area contributed by atoms with E-state index < -0.39 is 0 Å². The Balaban J connectivity index is 2.14. The molecule has 0 aliphatic rings. The van der Waals surface area contributed by atoms with E-state index in [2.05, 4.69) is 5.32 Å². The Bertz CT molecular complexity index is 382. The van der Waals surface area contributed by atoms with Crippen molar-refractivity contribution in [2.45, 2.75) is 6.92 Å². The number of hydrogen-bond donors (Lipinski definition) is 1. The molecule has 0 heterocycles. The Morgan fingerprint density at radius 1 is 1.29 bits per heavy atom. The van der Waals surface area contributed by atoms with Crippen molar-refractivity contribution in [1.29, 1.82) is 0 Å². The Morgan fingerprint density at radius 3 is 2.76 bits per heavy atom. The van der Waals surface area contributed by atoms with Crippen LogP contribution in [0, 0.1) is 0 Å². The smallest absolute Gasteiger partial charge is 0.244 e. The van der Waals surface area contributed by atoms with Gasteiger partial charge in [-0.15, -0.1) is 0 Å². The van der Waals surface area contributed by atoms with Gasteiger partial charge in [-0.2, -0.15) is 0 Å². The molecular weight excluding hydrogens is 214 g/mol. The largest absolute Gasteiger partial charge is 0.492 e. The topological polar surface area (TPSA) is 38.3 Å². The van der Waals surface area contributed by atoms with Crippen LogP contribution in [0.4, 0.5) is 0 Å². The van der Waals surface area contributed by atoms with E-state index in [1.807, 2.05) is 43.3 Å². The lowest BCUT2D eigenvalue weighted by Gasteiger charge is -2.05. The third-order valence-corrected chi connectivity index (χ3v) is 1.96. The summed E-state index contributed by atoms with van der Waals surface area (Å²) in [7, 11) is 0. The van der Waals surface area contributed by atoms with E-state index in [1.165, 1.54) is 6.08 Å². The summed E-state index contributed by atoms with van der Waals surface area (Å²) in [5.41, 5.74) is 0. The minimum Gasteiger partial charge on any atom is -0.492 e. The molecule has 0 fully saturated rings. The van der Waals surface area contributed by atoms with Crippen molar-refractivity contribution in [3.05, 3.63) is 54.6 Å². The highest BCUT2D eigenvalue weighted by molar-refractivity contribution is 5.87. The van der Waals surface area contributed by atoms with E-state index in [-0.39, 0.29) is 5.91 Å². The average Bonchev–Trinajstić information content (AvgIpc) is 2.36. The van der Waals surface area contributed by atoms with Gasteiger partial charge in [0, 0.05) is 6.08 Å². The van der Waals surface area contributed by atoms with Crippen LogP contribution in [0.1, 0.15) is 6.92 Å². The third-order valence-electron chi connectivity index (χ3n) is 1.96. The Morgan fingerprint density at radius 2 is 2.06 bits per heavy atom. The van der Waals surface area contributed by atoms with Gasteiger partial charge < -0.3 is 10.1 Å². The number of ether oxygens (including phenoxy) is 1. The maximum absolute atomic E-state index is 11.2. The first kappa shape index (κ1) is 13.0. The molecule has 0 radical (unpaired) electrons. The molecule has 1 amide bonds. The summed E-state index contributed by atoms with van der Waals surface area (Å²) in [5.74, 6) is 0.700. The molecule has 0 saturated carbocycles. The van der Waals surface area contributed by atoms with Gasteiger partial charge in [0.1, 0.15) is 12.4 Å². The van der Waals surface area contributed by atoms with Crippen LogP contribution in [-0.4, -0.2) is 19.1 Å². The van der Waals surface area contributed by atoms with E-state index in [1.54, 1.807) is 12.2 Å². The van der Waals surface area contributed by atoms with Crippen LogP contribution in [0.3, 0.4) is 0 Å². The SMILES string of the molecule is CC=CC=CC(=O)NCCOc1ccccc1. The van der Waals surface area contributed by atoms with Gasteiger partial charge in [-0.05, 0) is 19.1 Å². The van der Waals surface area contributed by atoms with Gasteiger partial charge in [-0.1, -0.05) is 36.4 Å². The summed E-state index contributed by atoms with van der Waals surface area (Å²) >= 11 is 0. The molecule has 17 heavy (non-hydrogen) atoms. The highest BCUT2D eigenvalue weighted by Crippen LogP contribution is 2.07. The lowest BCUT2D eigenvalue weighted by atomic mass is 10.3. The molecule has 0 aliphatic carbocycles. The summed E-state index contributed by atoms with van der Waals surface area (Å²) in [6, 6.07) is 9.52. The number of para-hydroxylation sites is 1. The molecule has 1 rings (SSSR count). The van der Waals surface area contributed by atoms with Crippen LogP contribution in [0.25, 0.3) is 0 Å². The first-order valence-corrected chi connectivity index (χ1v) is 5.58. The fraction of sp³-hybridized carbons (Fsp3) is 0.214. The highest BCUT2D eigenvalue weighted by Gasteiger charge is 1.94. The fourth-order valence-corrected chi connectivity index (χ4v) is 1.17. The predicted octanol–water partition coefficient (Wildman–Crippen LogP) is 2.31. The zero-order valence-corrected chi connectivity index (χ0v) is 9.93. The molecule has 0 aromatic heterocycles. The standard InChI is InChI=1S/C14H17NO2/c1-2-3-5-10-14(16)15-11-12-17-13-8-6-4-7-9-13/h2-10H,11-12H2,1H3,(H,15,16). The van der Waals surface area contributed by atoms with Crippen molar-refractivity contribution in [2.75, 3.05) is 13.2 Å². The molecule has 0 unspecified atom stereocenters. The number of nitrogens with one attached hydrogen (secondary N) is 1. The van der Waals surface area contributed by atoms with Crippen molar-refractivity contribution in [2.24, 2.45) is 0 Å². The van der Waals surface area contributed by atoms with Crippen molar-refractivity contribution in [1.82, 2.24) is 5.32 Å². The van der Waals surface area contributed by atoms with E-state index >= 15 is 0 Å². The van der Waals surface area contributed by atoms with Crippen molar-refractivity contribution in [3.63, 3.8) is 0 Å². The minimum atomic E-state index is -0.111. The van der Waals surface area contributed by atoms with Crippen LogP contribution in [0.2, 0.25) is 0 Å². The summed E-state index contributed by atoms with van der Waals surface area (Å²) in [5, 5.41) is 2.73. The minimum absolute atomic E-state index is 0.111. The molecule has 0 spiro atoms. The lowest BCUT2D eigenvalue weighted by Crippen LogP contribution is -2.26. The number of rotatable bonds is 6. The second kappa shape index (κ2) is 8.16. The second-order valence-corrected chi connectivity index (χ2v) is 3.34. The Hall–Kier alpha value is -2.03. The molecule has 0 atom stereocenters. The van der Waals surface area contributed by atoms with Gasteiger partial charge in [0.05, 0.1) is 6.54 Å². The summed E-state index contributed by atoms with van der Waals surface area (Å²) in [4.78, 5) is 11.2. The number of carbonyl (C=O) groups is 1. The zero-order chi connectivity index (χ0) is 12.3. The Kier molecular flexibility index (Phi) is 6.26. The van der Waals surface area contributed by atoms with Crippen LogP contribution >= 0.6 is 0 Å². The number of amides is 1. The molecular formula is C14H17NO2. The van der Waals surface area contributed by atoms with Crippen LogP contribution in [-0.2, 0) is 4.79 Å². The normalized spacial score (nSPS) is 10.9. The number of hydrogen-bond acceptors (Lipinski definition) is 2. The van der Waals surface area contributed by atoms with Gasteiger partial charge in [0.15, 0.2) is 0 Å². The number of allylic oxidation sites excluding steroid dienone is 3. The maximum Gasteiger partial charge on any atom is 0.244 e. The van der Waals surface area contributed by atoms with Gasteiger partial charge in [-0.3, -0.25) is 4.79 Å². The van der Waals surface area contributed by atoms with E-state index in [4.69, 9.17) is 4.74 Å². The van der Waals surface area contributed by atoms with E-state index in [9.17, 15) is 4.79 Å². The second-order valence-electron chi connectivity index (χ2n) is 3.34. The summed E-state index contributed by atoms with van der Waals surface area (Å²) < 4.78 is 5.43. The third kappa shape index (κ3) is 6.20. The van der Waals surface area contributed by atoms with Crippen molar-refractivity contribution < 1.29 is 9.53 Å². The van der Waals surface area contributed by atoms with Gasteiger partial charge >= 0.3 is 0 Å². The van der Waals surface area contributed by atoms with Crippen LogP contribution < -0.4 is 10.1 Å². The van der Waals surface area contributed by atoms with Gasteiger partial charge in [-0.25, -0.2) is 0 Å². The fourth-order valence-electron chi connectivity index (χ4n) is 1.17. The summed E-state index contributed by atoms with van der Waals surface area (Å²) in [6.07, 6.45) is 6.86.